The van der Waals surface area contributed by atoms with Gasteiger partial charge in [-0.2, -0.15) is 0 Å². The topological polar surface area (TPSA) is 68.3 Å². The molecule has 0 saturated heterocycles. The maximum atomic E-state index is 13.5. The second kappa shape index (κ2) is 10.5. The smallest absolute Gasteiger partial charge is 0.212 e. The van der Waals surface area contributed by atoms with E-state index in [1.54, 1.807) is 26.4 Å². The Morgan fingerprint density at radius 1 is 1.00 bits per heavy atom. The molecule has 0 saturated carbocycles. The van der Waals surface area contributed by atoms with Crippen molar-refractivity contribution in [3.8, 4) is 40.8 Å². The summed E-state index contributed by atoms with van der Waals surface area (Å²) in [5.41, 5.74) is 5.58. The molecule has 1 heterocycles. The molecule has 194 valence electrons. The Bertz CT molecular complexity index is 1550. The summed E-state index contributed by atoms with van der Waals surface area (Å²) < 4.78 is 30.6. The summed E-state index contributed by atoms with van der Waals surface area (Å²) in [6.07, 6.45) is 4.96. The average molecular weight is 514 g/mol. The van der Waals surface area contributed by atoms with Gasteiger partial charge in [-0.05, 0) is 56.6 Å². The summed E-state index contributed by atoms with van der Waals surface area (Å²) in [6.45, 7) is 1.36. The average Bonchev–Trinajstić information content (AvgIpc) is 3.43. The highest BCUT2D eigenvalue weighted by atomic mass is 19.1. The number of terminal acetylenes is 1. The first-order chi connectivity index (χ1) is 18.4. The molecular weight excluding hydrogens is 485 g/mol. The lowest BCUT2D eigenvalue weighted by Crippen LogP contribution is -2.19. The van der Waals surface area contributed by atoms with E-state index in [-0.39, 0.29) is 5.82 Å². The third kappa shape index (κ3) is 4.64. The van der Waals surface area contributed by atoms with Gasteiger partial charge in [-0.15, -0.1) is 6.42 Å². The highest BCUT2D eigenvalue weighted by molar-refractivity contribution is 6.30. The van der Waals surface area contributed by atoms with Crippen LogP contribution in [0.5, 0.6) is 17.2 Å². The van der Waals surface area contributed by atoms with Crippen molar-refractivity contribution in [2.75, 3.05) is 41.5 Å². The summed E-state index contributed by atoms with van der Waals surface area (Å²) in [7, 11) is 7.19. The van der Waals surface area contributed by atoms with Crippen LogP contribution < -0.4 is 14.2 Å². The molecular formula is C30H28FN3O4. The Morgan fingerprint density at radius 2 is 1.71 bits per heavy atom. The Morgan fingerprint density at radius 3 is 2.37 bits per heavy atom. The van der Waals surface area contributed by atoms with Gasteiger partial charge in [0.1, 0.15) is 23.9 Å². The fraction of sp³-hybridized carbons (Fsp3) is 0.233. The van der Waals surface area contributed by atoms with Crippen LogP contribution in [0.2, 0.25) is 0 Å². The minimum absolute atomic E-state index is 0.353. The van der Waals surface area contributed by atoms with Crippen LogP contribution in [0, 0.1) is 18.2 Å². The molecule has 1 aromatic heterocycles. The first-order valence-electron chi connectivity index (χ1n) is 12.1. The zero-order valence-corrected chi connectivity index (χ0v) is 21.7. The van der Waals surface area contributed by atoms with Crippen molar-refractivity contribution in [1.29, 1.82) is 0 Å². The van der Waals surface area contributed by atoms with Gasteiger partial charge < -0.3 is 28.9 Å². The molecule has 1 aliphatic carbocycles. The van der Waals surface area contributed by atoms with E-state index in [1.165, 1.54) is 12.1 Å². The molecule has 1 unspecified atom stereocenters. The number of benzene rings is 3. The summed E-state index contributed by atoms with van der Waals surface area (Å²) in [5.74, 6) is 4.15. The molecule has 4 aromatic rings. The molecule has 1 aliphatic rings. The van der Waals surface area contributed by atoms with E-state index < -0.39 is 6.10 Å². The number of rotatable bonds is 9. The fourth-order valence-electron chi connectivity index (χ4n) is 4.50. The molecule has 0 amide bonds. The highest BCUT2D eigenvalue weighted by Gasteiger charge is 2.32. The molecule has 0 bridgehead atoms. The van der Waals surface area contributed by atoms with Crippen LogP contribution in [0.25, 0.3) is 22.2 Å². The van der Waals surface area contributed by atoms with E-state index >= 15 is 0 Å². The number of methoxy groups -OCH3 is 2. The minimum atomic E-state index is -0.800. The molecule has 8 heteroatoms. The molecule has 0 radical (unpaired) electrons. The number of aromatic amines is 1. The quantitative estimate of drug-likeness (QED) is 0.212. The van der Waals surface area contributed by atoms with Gasteiger partial charge in [0.05, 0.1) is 19.9 Å². The van der Waals surface area contributed by atoms with E-state index in [0.717, 1.165) is 45.6 Å². The Hall–Kier alpha value is -4.48. The summed E-state index contributed by atoms with van der Waals surface area (Å²) in [4.78, 5) is 11.5. The highest BCUT2D eigenvalue weighted by Crippen LogP contribution is 2.46. The van der Waals surface area contributed by atoms with Crippen molar-refractivity contribution in [3.05, 3.63) is 77.1 Å². The van der Waals surface area contributed by atoms with Crippen LogP contribution in [0.3, 0.4) is 0 Å². The van der Waals surface area contributed by atoms with Crippen LogP contribution in [0.1, 0.15) is 22.8 Å². The molecule has 0 fully saturated rings. The number of aromatic nitrogens is 1. The fourth-order valence-corrected chi connectivity index (χ4v) is 4.50. The molecule has 1 atom stereocenters. The third-order valence-corrected chi connectivity index (χ3v) is 6.44. The van der Waals surface area contributed by atoms with Crippen LogP contribution in [-0.2, 0) is 4.84 Å². The van der Waals surface area contributed by atoms with Crippen molar-refractivity contribution >= 4 is 16.6 Å². The van der Waals surface area contributed by atoms with Crippen molar-refractivity contribution in [1.82, 2.24) is 9.88 Å². The third-order valence-electron chi connectivity index (χ3n) is 6.44. The van der Waals surface area contributed by atoms with E-state index in [9.17, 15) is 4.39 Å². The summed E-state index contributed by atoms with van der Waals surface area (Å²) >= 11 is 0. The zero-order valence-electron chi connectivity index (χ0n) is 21.7. The van der Waals surface area contributed by atoms with Gasteiger partial charge in [-0.1, -0.05) is 23.2 Å². The van der Waals surface area contributed by atoms with E-state index in [2.05, 4.69) is 21.0 Å². The van der Waals surface area contributed by atoms with E-state index in [4.69, 9.17) is 25.5 Å². The molecule has 0 aliphatic heterocycles. The molecule has 1 N–H and O–H groups in total. The molecule has 5 rings (SSSR count). The number of likely N-dealkylation sites (N-methyl/N-ethyl adjacent to an activating group) is 1. The summed E-state index contributed by atoms with van der Waals surface area (Å²) in [5, 5.41) is 5.49. The van der Waals surface area contributed by atoms with Crippen LogP contribution >= 0.6 is 0 Å². The number of halogens is 1. The number of oxime groups is 1. The zero-order chi connectivity index (χ0) is 26.8. The Labute approximate surface area is 220 Å². The predicted octanol–water partition coefficient (Wildman–Crippen LogP) is 5.39. The monoisotopic (exact) mass is 513 g/mol. The lowest BCUT2D eigenvalue weighted by Gasteiger charge is -2.13. The first kappa shape index (κ1) is 25.2. The van der Waals surface area contributed by atoms with Gasteiger partial charge in [0.15, 0.2) is 11.5 Å². The molecule has 7 nitrogen and oxygen atoms in total. The predicted molar refractivity (Wildman–Crippen MR) is 146 cm³/mol. The number of nitrogens with one attached hydrogen (secondary N) is 1. The normalized spacial score (nSPS) is 13.8. The van der Waals surface area contributed by atoms with Crippen LogP contribution in [0.4, 0.5) is 4.39 Å². The molecule has 3 aromatic carbocycles. The number of ether oxygens (including phenoxy) is 3. The second-order valence-electron chi connectivity index (χ2n) is 9.13. The van der Waals surface area contributed by atoms with Gasteiger partial charge in [0.25, 0.3) is 0 Å². The van der Waals surface area contributed by atoms with Crippen LogP contribution in [0.15, 0.2) is 59.8 Å². The maximum Gasteiger partial charge on any atom is 0.212 e. The SMILES string of the molecule is C#CC(ON=C1c2cc(OC)c(OC)cc2-c2[nH]c3ccc(OCCN(C)C)cc3c21)c1ccc(F)cc1. The van der Waals surface area contributed by atoms with Gasteiger partial charge in [0, 0.05) is 39.7 Å². The number of nitrogens with zero attached hydrogens (tertiary/aromatic N) is 2. The molecule has 38 heavy (non-hydrogen) atoms. The van der Waals surface area contributed by atoms with Crippen LogP contribution in [-0.4, -0.2) is 57.1 Å². The van der Waals surface area contributed by atoms with Gasteiger partial charge in [-0.3, -0.25) is 0 Å². The maximum absolute atomic E-state index is 13.5. The first-order valence-corrected chi connectivity index (χ1v) is 12.1. The summed E-state index contributed by atoms with van der Waals surface area (Å²) in [6, 6.07) is 15.6. The van der Waals surface area contributed by atoms with Crippen molar-refractivity contribution in [2.24, 2.45) is 5.16 Å². The number of H-pyrrole nitrogens is 1. The molecule has 0 spiro atoms. The number of fused-ring (bicyclic) bond motifs is 5. The standard InChI is InChI=1S/C30H28FN3O4/c1-6-25(18-7-9-19(31)10-8-18)38-33-30-22-17-27(36-5)26(35-4)16-21(22)29-28(30)23-15-20(11-12-24(23)32-29)37-14-13-34(2)3/h1,7-12,15-17,25,32H,13-14H2,2-5H3. The second-order valence-corrected chi connectivity index (χ2v) is 9.13. The lowest BCUT2D eigenvalue weighted by molar-refractivity contribution is 0.100. The largest absolute Gasteiger partial charge is 0.493 e. The number of hydrogen-bond acceptors (Lipinski definition) is 6. The van der Waals surface area contributed by atoms with E-state index in [0.29, 0.717) is 29.4 Å². The van der Waals surface area contributed by atoms with Gasteiger partial charge in [0.2, 0.25) is 6.10 Å². The lowest BCUT2D eigenvalue weighted by atomic mass is 10.1. The van der Waals surface area contributed by atoms with Crippen molar-refractivity contribution in [3.63, 3.8) is 0 Å². The minimum Gasteiger partial charge on any atom is -0.493 e. The van der Waals surface area contributed by atoms with Gasteiger partial charge >= 0.3 is 0 Å². The number of hydrogen-bond donors (Lipinski definition) is 1. The van der Waals surface area contributed by atoms with Crippen molar-refractivity contribution in [2.45, 2.75) is 6.10 Å². The Kier molecular flexibility index (Phi) is 6.95. The van der Waals surface area contributed by atoms with Crippen molar-refractivity contribution < 1.29 is 23.4 Å². The van der Waals surface area contributed by atoms with E-state index in [1.807, 2.05) is 44.4 Å². The Balaban J connectivity index is 1.61. The van der Waals surface area contributed by atoms with Gasteiger partial charge in [-0.25, -0.2) is 4.39 Å².